The minimum absolute atomic E-state index is 0.0655. The average molecular weight is 351 g/mol. The molecule has 0 aliphatic carbocycles. The molecule has 1 unspecified atom stereocenters. The van der Waals surface area contributed by atoms with Crippen molar-refractivity contribution >= 4 is 17.3 Å². The second kappa shape index (κ2) is 7.92. The summed E-state index contributed by atoms with van der Waals surface area (Å²) in [6.07, 6.45) is 0. The molecule has 1 amide bonds. The first kappa shape index (κ1) is 18.5. The zero-order valence-corrected chi connectivity index (χ0v) is 16.2. The number of hydrogen-bond acceptors (Lipinski definition) is 3. The maximum Gasteiger partial charge on any atom is 0.241 e. The quantitative estimate of drug-likeness (QED) is 0.911. The van der Waals surface area contributed by atoms with E-state index in [4.69, 9.17) is 0 Å². The van der Waals surface area contributed by atoms with E-state index in [1.165, 1.54) is 16.8 Å². The van der Waals surface area contributed by atoms with Crippen LogP contribution in [-0.4, -0.2) is 43.0 Å². The molecular formula is C22H29N3O. The molecule has 1 atom stereocenters. The summed E-state index contributed by atoms with van der Waals surface area (Å²) in [4.78, 5) is 17.3. The van der Waals surface area contributed by atoms with E-state index in [-0.39, 0.29) is 11.9 Å². The van der Waals surface area contributed by atoms with Gasteiger partial charge in [0.05, 0.1) is 6.04 Å². The van der Waals surface area contributed by atoms with E-state index in [1.807, 2.05) is 38.1 Å². The number of nitrogens with zero attached hydrogens (tertiary/aromatic N) is 2. The van der Waals surface area contributed by atoms with Gasteiger partial charge in [0.2, 0.25) is 5.91 Å². The first-order valence-electron chi connectivity index (χ1n) is 9.38. The summed E-state index contributed by atoms with van der Waals surface area (Å²) in [6.45, 7) is 12.1. The Kier molecular flexibility index (Phi) is 5.62. The van der Waals surface area contributed by atoms with Crippen LogP contribution in [0, 0.1) is 20.8 Å². The molecule has 0 aromatic heterocycles. The van der Waals surface area contributed by atoms with E-state index in [1.54, 1.807) is 0 Å². The number of hydrogen-bond donors (Lipinski definition) is 1. The van der Waals surface area contributed by atoms with Crippen molar-refractivity contribution in [3.05, 3.63) is 59.2 Å². The van der Waals surface area contributed by atoms with Crippen LogP contribution < -0.4 is 10.2 Å². The molecule has 1 N–H and O–H groups in total. The molecule has 26 heavy (non-hydrogen) atoms. The second-order valence-electron chi connectivity index (χ2n) is 7.28. The summed E-state index contributed by atoms with van der Waals surface area (Å²) in [5.41, 5.74) is 6.02. The molecule has 1 fully saturated rings. The third kappa shape index (κ3) is 4.07. The lowest BCUT2D eigenvalue weighted by atomic mass is 10.1. The fourth-order valence-corrected chi connectivity index (χ4v) is 3.56. The molecule has 1 saturated heterocycles. The van der Waals surface area contributed by atoms with Gasteiger partial charge >= 0.3 is 0 Å². The topological polar surface area (TPSA) is 35.6 Å². The van der Waals surface area contributed by atoms with Crippen LogP contribution in [0.4, 0.5) is 11.4 Å². The molecule has 0 bridgehead atoms. The Bertz CT molecular complexity index is 779. The SMILES string of the molecule is Cc1cccc(NC(=O)C(C)N2CCN(c3cccc(C)c3C)CC2)c1. The minimum atomic E-state index is -0.128. The van der Waals surface area contributed by atoms with Crippen molar-refractivity contribution in [2.24, 2.45) is 0 Å². The lowest BCUT2D eigenvalue weighted by Gasteiger charge is -2.39. The first-order chi connectivity index (χ1) is 12.5. The van der Waals surface area contributed by atoms with Crippen LogP contribution in [0.2, 0.25) is 0 Å². The van der Waals surface area contributed by atoms with Gasteiger partial charge in [0.15, 0.2) is 0 Å². The molecule has 0 saturated carbocycles. The van der Waals surface area contributed by atoms with Crippen LogP contribution in [0.25, 0.3) is 0 Å². The summed E-state index contributed by atoms with van der Waals surface area (Å²) in [7, 11) is 0. The van der Waals surface area contributed by atoms with Crippen molar-refractivity contribution in [2.75, 3.05) is 36.4 Å². The van der Waals surface area contributed by atoms with Crippen LogP contribution in [0.1, 0.15) is 23.6 Å². The van der Waals surface area contributed by atoms with E-state index in [0.29, 0.717) is 0 Å². The predicted octanol–water partition coefficient (Wildman–Crippen LogP) is 3.76. The lowest BCUT2D eigenvalue weighted by molar-refractivity contribution is -0.120. The number of piperazine rings is 1. The van der Waals surface area contributed by atoms with E-state index < -0.39 is 0 Å². The molecule has 0 spiro atoms. The summed E-state index contributed by atoms with van der Waals surface area (Å²) in [5, 5.41) is 3.05. The Morgan fingerprint density at radius 1 is 1.00 bits per heavy atom. The van der Waals surface area contributed by atoms with Crippen LogP contribution in [0.3, 0.4) is 0 Å². The highest BCUT2D eigenvalue weighted by molar-refractivity contribution is 5.94. The third-order valence-electron chi connectivity index (χ3n) is 5.44. The van der Waals surface area contributed by atoms with Gasteiger partial charge in [0.1, 0.15) is 0 Å². The largest absolute Gasteiger partial charge is 0.369 e. The molecule has 2 aromatic rings. The van der Waals surface area contributed by atoms with Gasteiger partial charge in [-0.1, -0.05) is 24.3 Å². The van der Waals surface area contributed by atoms with E-state index in [2.05, 4.69) is 47.2 Å². The fraction of sp³-hybridized carbons (Fsp3) is 0.409. The van der Waals surface area contributed by atoms with Crippen molar-refractivity contribution < 1.29 is 4.79 Å². The number of aryl methyl sites for hydroxylation is 2. The third-order valence-corrected chi connectivity index (χ3v) is 5.44. The van der Waals surface area contributed by atoms with Crippen molar-refractivity contribution in [1.29, 1.82) is 0 Å². The summed E-state index contributed by atoms with van der Waals surface area (Å²) >= 11 is 0. The van der Waals surface area contributed by atoms with Crippen LogP contribution >= 0.6 is 0 Å². The van der Waals surface area contributed by atoms with Crippen LogP contribution in [0.15, 0.2) is 42.5 Å². The number of rotatable bonds is 4. The Morgan fingerprint density at radius 2 is 1.69 bits per heavy atom. The molecule has 1 aliphatic rings. The predicted molar refractivity (Wildman–Crippen MR) is 109 cm³/mol. The van der Waals surface area contributed by atoms with Crippen LogP contribution in [0.5, 0.6) is 0 Å². The normalized spacial score (nSPS) is 16.4. The van der Waals surface area contributed by atoms with E-state index in [9.17, 15) is 4.79 Å². The number of anilines is 2. The molecule has 138 valence electrons. The number of amides is 1. The molecule has 4 heteroatoms. The number of carbonyl (C=O) groups excluding carboxylic acids is 1. The smallest absolute Gasteiger partial charge is 0.241 e. The Morgan fingerprint density at radius 3 is 2.38 bits per heavy atom. The minimum Gasteiger partial charge on any atom is -0.369 e. The summed E-state index contributed by atoms with van der Waals surface area (Å²) in [5.74, 6) is 0.0655. The van der Waals surface area contributed by atoms with E-state index in [0.717, 1.165) is 37.4 Å². The summed E-state index contributed by atoms with van der Waals surface area (Å²) in [6, 6.07) is 14.3. The molecule has 2 aromatic carbocycles. The monoisotopic (exact) mass is 351 g/mol. The van der Waals surface area contributed by atoms with Crippen molar-refractivity contribution in [2.45, 2.75) is 33.7 Å². The average Bonchev–Trinajstić information content (AvgIpc) is 2.63. The molecule has 4 nitrogen and oxygen atoms in total. The van der Waals surface area contributed by atoms with Crippen molar-refractivity contribution in [1.82, 2.24) is 4.90 Å². The van der Waals surface area contributed by atoms with E-state index >= 15 is 0 Å². The molecular weight excluding hydrogens is 322 g/mol. The van der Waals surface area contributed by atoms with Gasteiger partial charge in [-0.2, -0.15) is 0 Å². The number of carbonyl (C=O) groups is 1. The number of benzene rings is 2. The van der Waals surface area contributed by atoms with Crippen LogP contribution in [-0.2, 0) is 4.79 Å². The van der Waals surface area contributed by atoms with Crippen molar-refractivity contribution in [3.8, 4) is 0 Å². The molecule has 0 radical (unpaired) electrons. The second-order valence-corrected chi connectivity index (χ2v) is 7.28. The fourth-order valence-electron chi connectivity index (χ4n) is 3.56. The van der Waals surface area contributed by atoms with Gasteiger partial charge in [-0.05, 0) is 62.6 Å². The highest BCUT2D eigenvalue weighted by atomic mass is 16.2. The van der Waals surface area contributed by atoms with Crippen molar-refractivity contribution in [3.63, 3.8) is 0 Å². The molecule has 3 rings (SSSR count). The highest BCUT2D eigenvalue weighted by Gasteiger charge is 2.26. The Balaban J connectivity index is 1.58. The van der Waals surface area contributed by atoms with Gasteiger partial charge < -0.3 is 10.2 Å². The maximum atomic E-state index is 12.6. The Hall–Kier alpha value is -2.33. The standard InChI is InChI=1S/C22H29N3O/c1-16-7-5-9-20(15-16)23-22(26)19(4)24-11-13-25(14-12-24)21-10-6-8-17(2)18(21)3/h5-10,15,19H,11-14H2,1-4H3,(H,23,26). The lowest BCUT2D eigenvalue weighted by Crippen LogP contribution is -2.53. The highest BCUT2D eigenvalue weighted by Crippen LogP contribution is 2.24. The zero-order valence-electron chi connectivity index (χ0n) is 16.2. The van der Waals surface area contributed by atoms with Gasteiger partial charge in [-0.15, -0.1) is 0 Å². The first-order valence-corrected chi connectivity index (χ1v) is 9.38. The molecule has 1 aliphatic heterocycles. The zero-order chi connectivity index (χ0) is 18.7. The Labute approximate surface area is 156 Å². The summed E-state index contributed by atoms with van der Waals surface area (Å²) < 4.78 is 0. The van der Waals surface area contributed by atoms with Gasteiger partial charge in [0, 0.05) is 37.6 Å². The molecule has 1 heterocycles. The maximum absolute atomic E-state index is 12.6. The van der Waals surface area contributed by atoms with Gasteiger partial charge in [-0.3, -0.25) is 9.69 Å². The van der Waals surface area contributed by atoms with Gasteiger partial charge in [-0.25, -0.2) is 0 Å². The number of nitrogens with one attached hydrogen (secondary N) is 1. The van der Waals surface area contributed by atoms with Gasteiger partial charge in [0.25, 0.3) is 0 Å².